The average Bonchev–Trinajstić information content (AvgIpc) is 2.71. The van der Waals surface area contributed by atoms with E-state index < -0.39 is 0 Å². The number of anilines is 1. The Balaban J connectivity index is 1.73. The van der Waals surface area contributed by atoms with Gasteiger partial charge < -0.3 is 14.8 Å². The van der Waals surface area contributed by atoms with E-state index in [-0.39, 0.29) is 11.9 Å². The molecule has 0 atom stereocenters. The molecule has 0 unspecified atom stereocenters. The summed E-state index contributed by atoms with van der Waals surface area (Å²) >= 11 is 0. The summed E-state index contributed by atoms with van der Waals surface area (Å²) in [6.45, 7) is 4.96. The van der Waals surface area contributed by atoms with Crippen molar-refractivity contribution < 1.29 is 19.1 Å². The second-order valence-corrected chi connectivity index (χ2v) is 6.61. The van der Waals surface area contributed by atoms with Crippen molar-refractivity contribution in [3.05, 3.63) is 59.7 Å². The Labute approximate surface area is 167 Å². The van der Waals surface area contributed by atoms with E-state index in [1.165, 1.54) is 5.56 Å². The first kappa shape index (κ1) is 21.5. The van der Waals surface area contributed by atoms with E-state index >= 15 is 0 Å². The molecule has 0 aliphatic heterocycles. The lowest BCUT2D eigenvalue weighted by molar-refractivity contribution is -0.116. The number of carbonyl (C=O) groups excluding carboxylic acids is 2. The lowest BCUT2D eigenvalue weighted by Crippen LogP contribution is -2.13. The van der Waals surface area contributed by atoms with Gasteiger partial charge >= 0.3 is 5.97 Å². The maximum Gasteiger partial charge on any atom is 0.338 e. The minimum Gasteiger partial charge on any atom is -0.494 e. The van der Waals surface area contributed by atoms with Gasteiger partial charge in [-0.1, -0.05) is 38.5 Å². The van der Waals surface area contributed by atoms with Crippen molar-refractivity contribution in [2.45, 2.75) is 46.0 Å². The fourth-order valence-electron chi connectivity index (χ4n) is 2.69. The van der Waals surface area contributed by atoms with Crippen molar-refractivity contribution >= 4 is 17.6 Å². The van der Waals surface area contributed by atoms with E-state index in [2.05, 4.69) is 24.4 Å². The highest BCUT2D eigenvalue weighted by molar-refractivity contribution is 5.94. The molecule has 0 aromatic heterocycles. The second kappa shape index (κ2) is 11.8. The highest BCUT2D eigenvalue weighted by Gasteiger charge is 2.09. The van der Waals surface area contributed by atoms with Crippen LogP contribution in [0.25, 0.3) is 0 Å². The zero-order valence-electron chi connectivity index (χ0n) is 16.7. The van der Waals surface area contributed by atoms with Crippen LogP contribution >= 0.6 is 0 Å². The first-order chi connectivity index (χ1) is 13.6. The number of carbonyl (C=O) groups is 2. The molecule has 0 bridgehead atoms. The third-order valence-corrected chi connectivity index (χ3v) is 4.10. The van der Waals surface area contributed by atoms with Gasteiger partial charge in [0.2, 0.25) is 5.91 Å². The smallest absolute Gasteiger partial charge is 0.338 e. The van der Waals surface area contributed by atoms with Crippen molar-refractivity contribution in [1.82, 2.24) is 0 Å². The Morgan fingerprint density at radius 2 is 1.75 bits per heavy atom. The van der Waals surface area contributed by atoms with Crippen LogP contribution in [0.3, 0.4) is 0 Å². The van der Waals surface area contributed by atoms with Crippen LogP contribution in [0, 0.1) is 0 Å². The topological polar surface area (TPSA) is 64.6 Å². The number of aryl methyl sites for hydroxylation is 1. The zero-order chi connectivity index (χ0) is 20.2. The third-order valence-electron chi connectivity index (χ3n) is 4.10. The van der Waals surface area contributed by atoms with Crippen molar-refractivity contribution in [1.29, 1.82) is 0 Å². The molecule has 2 aromatic rings. The summed E-state index contributed by atoms with van der Waals surface area (Å²) in [5.74, 6) is 0.329. The number of amides is 1. The van der Waals surface area contributed by atoms with Crippen LogP contribution in [0.4, 0.5) is 5.69 Å². The number of hydrogen-bond donors (Lipinski definition) is 1. The Kier molecular flexibility index (Phi) is 9.05. The predicted molar refractivity (Wildman–Crippen MR) is 111 cm³/mol. The molecule has 0 aliphatic carbocycles. The highest BCUT2D eigenvalue weighted by atomic mass is 16.5. The summed E-state index contributed by atoms with van der Waals surface area (Å²) in [5, 5.41) is 2.81. The molecular formula is C23H29NO4. The number of hydrogen-bond acceptors (Lipinski definition) is 4. The van der Waals surface area contributed by atoms with Gasteiger partial charge in [-0.25, -0.2) is 4.79 Å². The Morgan fingerprint density at radius 3 is 2.46 bits per heavy atom. The SMILES string of the molecule is CCCOC(=O)c1cccc(NC(=O)CCCOc2ccc(CCC)cc2)c1. The fourth-order valence-corrected chi connectivity index (χ4v) is 2.69. The van der Waals surface area contributed by atoms with Gasteiger partial charge in [-0.15, -0.1) is 0 Å². The molecular weight excluding hydrogens is 354 g/mol. The lowest BCUT2D eigenvalue weighted by Gasteiger charge is -2.09. The van der Waals surface area contributed by atoms with Crippen LogP contribution in [0.5, 0.6) is 5.75 Å². The molecule has 0 saturated carbocycles. The number of nitrogens with one attached hydrogen (secondary N) is 1. The van der Waals surface area contributed by atoms with Crippen molar-refractivity contribution in [2.75, 3.05) is 18.5 Å². The summed E-state index contributed by atoms with van der Waals surface area (Å²) in [6.07, 6.45) is 3.92. The van der Waals surface area contributed by atoms with E-state index in [4.69, 9.17) is 9.47 Å². The van der Waals surface area contributed by atoms with Gasteiger partial charge in [0.1, 0.15) is 5.75 Å². The van der Waals surface area contributed by atoms with Crippen LogP contribution in [-0.4, -0.2) is 25.1 Å². The molecule has 150 valence electrons. The Morgan fingerprint density at radius 1 is 0.964 bits per heavy atom. The highest BCUT2D eigenvalue weighted by Crippen LogP contribution is 2.15. The quantitative estimate of drug-likeness (QED) is 0.438. The number of esters is 1. The second-order valence-electron chi connectivity index (χ2n) is 6.61. The van der Waals surface area contributed by atoms with Gasteiger partial charge in [-0.3, -0.25) is 4.79 Å². The van der Waals surface area contributed by atoms with Crippen LogP contribution in [0.2, 0.25) is 0 Å². The van der Waals surface area contributed by atoms with Crippen molar-refractivity contribution in [2.24, 2.45) is 0 Å². The molecule has 0 spiro atoms. The van der Waals surface area contributed by atoms with Crippen LogP contribution in [0.15, 0.2) is 48.5 Å². The van der Waals surface area contributed by atoms with E-state index in [0.717, 1.165) is 25.0 Å². The molecule has 0 saturated heterocycles. The van der Waals surface area contributed by atoms with Gasteiger partial charge in [-0.05, 0) is 55.2 Å². The molecule has 5 heteroatoms. The molecule has 2 rings (SSSR count). The predicted octanol–water partition coefficient (Wildman–Crippen LogP) is 5.00. The normalized spacial score (nSPS) is 10.4. The number of rotatable bonds is 11. The summed E-state index contributed by atoms with van der Waals surface area (Å²) in [6, 6.07) is 14.9. The van der Waals surface area contributed by atoms with Crippen molar-refractivity contribution in [3.8, 4) is 5.75 Å². The summed E-state index contributed by atoms with van der Waals surface area (Å²) in [4.78, 5) is 24.0. The maximum absolute atomic E-state index is 12.1. The third kappa shape index (κ3) is 7.43. The minimum absolute atomic E-state index is 0.110. The Bertz CT molecular complexity index is 755. The van der Waals surface area contributed by atoms with Gasteiger partial charge in [0.05, 0.1) is 18.8 Å². The maximum atomic E-state index is 12.1. The summed E-state index contributed by atoms with van der Waals surface area (Å²) < 4.78 is 10.8. The van der Waals surface area contributed by atoms with Crippen LogP contribution < -0.4 is 10.1 Å². The monoisotopic (exact) mass is 383 g/mol. The number of benzene rings is 2. The molecule has 1 amide bonds. The zero-order valence-corrected chi connectivity index (χ0v) is 16.7. The lowest BCUT2D eigenvalue weighted by atomic mass is 10.1. The molecule has 0 heterocycles. The van der Waals surface area contributed by atoms with E-state index in [0.29, 0.717) is 37.3 Å². The van der Waals surface area contributed by atoms with E-state index in [1.54, 1.807) is 24.3 Å². The first-order valence-electron chi connectivity index (χ1n) is 9.91. The molecule has 0 fully saturated rings. The average molecular weight is 383 g/mol. The van der Waals surface area contributed by atoms with Gasteiger partial charge in [0.15, 0.2) is 0 Å². The van der Waals surface area contributed by atoms with E-state index in [9.17, 15) is 9.59 Å². The molecule has 2 aromatic carbocycles. The van der Waals surface area contributed by atoms with Crippen LogP contribution in [0.1, 0.15) is 55.5 Å². The molecule has 0 aliphatic rings. The standard InChI is InChI=1S/C23H29NO4/c1-3-7-18-11-13-21(14-12-18)27-16-6-10-22(25)24-20-9-5-8-19(17-20)23(26)28-15-4-2/h5,8-9,11-14,17H,3-4,6-7,10,15-16H2,1-2H3,(H,24,25). The minimum atomic E-state index is -0.378. The first-order valence-corrected chi connectivity index (χ1v) is 9.91. The summed E-state index contributed by atoms with van der Waals surface area (Å²) in [5.41, 5.74) is 2.32. The van der Waals surface area contributed by atoms with Gasteiger partial charge in [-0.2, -0.15) is 0 Å². The van der Waals surface area contributed by atoms with Gasteiger partial charge in [0.25, 0.3) is 0 Å². The van der Waals surface area contributed by atoms with Gasteiger partial charge in [0, 0.05) is 12.1 Å². The molecule has 1 N–H and O–H groups in total. The molecule has 5 nitrogen and oxygen atoms in total. The fraction of sp³-hybridized carbons (Fsp3) is 0.391. The van der Waals surface area contributed by atoms with Crippen molar-refractivity contribution in [3.63, 3.8) is 0 Å². The molecule has 28 heavy (non-hydrogen) atoms. The van der Waals surface area contributed by atoms with E-state index in [1.807, 2.05) is 19.1 Å². The summed E-state index contributed by atoms with van der Waals surface area (Å²) in [7, 11) is 0. The number of ether oxygens (including phenoxy) is 2. The molecule has 0 radical (unpaired) electrons. The largest absolute Gasteiger partial charge is 0.494 e. The Hall–Kier alpha value is -2.82. The van der Waals surface area contributed by atoms with Crippen LogP contribution in [-0.2, 0) is 16.0 Å².